The minimum atomic E-state index is -0.841. The molecular weight excluding hydrogens is 452 g/mol. The third-order valence-corrected chi connectivity index (χ3v) is 6.51. The van der Waals surface area contributed by atoms with Crippen LogP contribution in [0.1, 0.15) is 22.7 Å². The van der Waals surface area contributed by atoms with Gasteiger partial charge >= 0.3 is 0 Å². The normalized spacial score (nSPS) is 20.3. The molecule has 2 N–H and O–H groups in total. The van der Waals surface area contributed by atoms with Crippen molar-refractivity contribution in [3.63, 3.8) is 0 Å². The van der Waals surface area contributed by atoms with E-state index >= 15 is 0 Å². The number of aromatic hydroxyl groups is 1. The second-order valence-electron chi connectivity index (χ2n) is 8.56. The molecule has 0 radical (unpaired) electrons. The summed E-state index contributed by atoms with van der Waals surface area (Å²) < 4.78 is 15.9. The molecular formula is C26H30N2O7. The Bertz CT molecular complexity index is 1150. The molecule has 9 nitrogen and oxygen atoms in total. The van der Waals surface area contributed by atoms with Crippen LogP contribution in [-0.2, 0) is 14.3 Å². The van der Waals surface area contributed by atoms with Gasteiger partial charge in [-0.3, -0.25) is 14.5 Å². The third-order valence-electron chi connectivity index (χ3n) is 6.51. The number of carbonyl (C=O) groups excluding carboxylic acids is 2. The number of methoxy groups -OCH3 is 2. The van der Waals surface area contributed by atoms with Gasteiger partial charge in [-0.15, -0.1) is 0 Å². The minimum absolute atomic E-state index is 0.00186. The van der Waals surface area contributed by atoms with Gasteiger partial charge in [-0.2, -0.15) is 0 Å². The van der Waals surface area contributed by atoms with Crippen molar-refractivity contribution < 1.29 is 34.0 Å². The fourth-order valence-corrected chi connectivity index (χ4v) is 4.57. The number of likely N-dealkylation sites (tertiary alicyclic amines) is 1. The van der Waals surface area contributed by atoms with Crippen molar-refractivity contribution in [1.29, 1.82) is 0 Å². The zero-order chi connectivity index (χ0) is 25.1. The van der Waals surface area contributed by atoms with E-state index in [1.807, 2.05) is 0 Å². The summed E-state index contributed by atoms with van der Waals surface area (Å²) in [6, 6.07) is 8.93. The van der Waals surface area contributed by atoms with Crippen LogP contribution in [0.4, 0.5) is 0 Å². The highest BCUT2D eigenvalue weighted by atomic mass is 16.5. The predicted molar refractivity (Wildman–Crippen MR) is 129 cm³/mol. The summed E-state index contributed by atoms with van der Waals surface area (Å²) in [4.78, 5) is 30.1. The van der Waals surface area contributed by atoms with Gasteiger partial charge in [-0.05, 0) is 48.4 Å². The molecule has 0 aliphatic carbocycles. The second kappa shape index (κ2) is 10.4. The number of phenols is 1. The highest BCUT2D eigenvalue weighted by Gasteiger charge is 2.46. The Balaban J connectivity index is 1.79. The monoisotopic (exact) mass is 482 g/mol. The number of nitrogens with zero attached hydrogens (tertiary/aromatic N) is 2. The van der Waals surface area contributed by atoms with Crippen LogP contribution < -0.4 is 9.47 Å². The van der Waals surface area contributed by atoms with Crippen molar-refractivity contribution in [2.24, 2.45) is 0 Å². The Labute approximate surface area is 204 Å². The number of hydrogen-bond donors (Lipinski definition) is 2. The molecule has 2 aliphatic rings. The first kappa shape index (κ1) is 24.6. The quantitative estimate of drug-likeness (QED) is 0.352. The number of Topliss-reactive ketones (excluding diaryl/α,β-unsaturated/α-hetero) is 1. The van der Waals surface area contributed by atoms with Crippen molar-refractivity contribution in [3.8, 4) is 17.2 Å². The molecule has 1 unspecified atom stereocenters. The van der Waals surface area contributed by atoms with Crippen LogP contribution in [0.15, 0.2) is 42.0 Å². The molecule has 2 aromatic rings. The number of aliphatic hydroxyl groups is 1. The number of aliphatic hydroxyl groups excluding tert-OH is 1. The fraction of sp³-hybridized carbons (Fsp3) is 0.385. The van der Waals surface area contributed by atoms with Crippen LogP contribution >= 0.6 is 0 Å². The van der Waals surface area contributed by atoms with E-state index in [0.717, 1.165) is 13.1 Å². The molecule has 1 amide bonds. The molecule has 0 aromatic heterocycles. The van der Waals surface area contributed by atoms with E-state index in [9.17, 15) is 19.8 Å². The fourth-order valence-electron chi connectivity index (χ4n) is 4.57. The third kappa shape index (κ3) is 4.82. The van der Waals surface area contributed by atoms with Crippen LogP contribution in [-0.4, -0.2) is 85.3 Å². The van der Waals surface area contributed by atoms with Gasteiger partial charge in [0, 0.05) is 31.7 Å². The summed E-state index contributed by atoms with van der Waals surface area (Å²) in [5.74, 6) is -0.923. The largest absolute Gasteiger partial charge is 0.507 e. The molecule has 0 spiro atoms. The van der Waals surface area contributed by atoms with E-state index in [4.69, 9.17) is 14.2 Å². The number of morpholine rings is 1. The second-order valence-corrected chi connectivity index (χ2v) is 8.56. The van der Waals surface area contributed by atoms with Gasteiger partial charge in [0.1, 0.15) is 11.5 Å². The predicted octanol–water partition coefficient (Wildman–Crippen LogP) is 2.47. The Kier molecular flexibility index (Phi) is 7.28. The topological polar surface area (TPSA) is 109 Å². The number of phenolic OH excluding ortho intramolecular Hbond substituents is 1. The lowest BCUT2D eigenvalue weighted by molar-refractivity contribution is -0.140. The SMILES string of the molecule is COc1ccc(/C(O)=C2/C(=O)C(=O)N(CCN3CCOCC3)C2c2ccc(O)c(OC)c2)c(C)c1. The van der Waals surface area contributed by atoms with Gasteiger partial charge < -0.3 is 29.3 Å². The Morgan fingerprint density at radius 2 is 1.80 bits per heavy atom. The average Bonchev–Trinajstić information content (AvgIpc) is 3.12. The Hall–Kier alpha value is -3.56. The maximum absolute atomic E-state index is 13.3. The van der Waals surface area contributed by atoms with Crippen molar-refractivity contribution >= 4 is 17.4 Å². The van der Waals surface area contributed by atoms with E-state index in [2.05, 4.69) is 4.90 Å². The van der Waals surface area contributed by atoms with Crippen LogP contribution in [0.25, 0.3) is 5.76 Å². The van der Waals surface area contributed by atoms with Gasteiger partial charge in [0.15, 0.2) is 11.5 Å². The lowest BCUT2D eigenvalue weighted by Gasteiger charge is -2.31. The molecule has 2 heterocycles. The molecule has 186 valence electrons. The minimum Gasteiger partial charge on any atom is -0.507 e. The molecule has 0 bridgehead atoms. The van der Waals surface area contributed by atoms with E-state index < -0.39 is 17.7 Å². The first-order valence-corrected chi connectivity index (χ1v) is 11.5. The van der Waals surface area contributed by atoms with Crippen molar-refractivity contribution in [2.75, 3.05) is 53.6 Å². The smallest absolute Gasteiger partial charge is 0.295 e. The van der Waals surface area contributed by atoms with Crippen LogP contribution in [0.5, 0.6) is 17.2 Å². The number of aryl methyl sites for hydroxylation is 1. The number of carbonyl (C=O) groups is 2. The van der Waals surface area contributed by atoms with Crippen molar-refractivity contribution in [2.45, 2.75) is 13.0 Å². The molecule has 35 heavy (non-hydrogen) atoms. The van der Waals surface area contributed by atoms with Crippen LogP contribution in [0.3, 0.4) is 0 Å². The number of ether oxygens (including phenoxy) is 3. The first-order valence-electron chi connectivity index (χ1n) is 11.5. The summed E-state index contributed by atoms with van der Waals surface area (Å²) in [7, 11) is 2.97. The average molecular weight is 483 g/mol. The van der Waals surface area contributed by atoms with Crippen molar-refractivity contribution in [3.05, 3.63) is 58.7 Å². The highest BCUT2D eigenvalue weighted by molar-refractivity contribution is 6.46. The molecule has 2 aliphatic heterocycles. The zero-order valence-electron chi connectivity index (χ0n) is 20.1. The van der Waals surface area contributed by atoms with Gasteiger partial charge in [0.2, 0.25) is 0 Å². The van der Waals surface area contributed by atoms with Gasteiger partial charge in [-0.25, -0.2) is 0 Å². The molecule has 2 fully saturated rings. The lowest BCUT2D eigenvalue weighted by Crippen LogP contribution is -2.42. The Morgan fingerprint density at radius 3 is 2.46 bits per heavy atom. The number of benzene rings is 2. The maximum atomic E-state index is 13.3. The highest BCUT2D eigenvalue weighted by Crippen LogP contribution is 2.42. The molecule has 1 atom stereocenters. The van der Waals surface area contributed by atoms with E-state index in [-0.39, 0.29) is 29.4 Å². The van der Waals surface area contributed by atoms with E-state index in [0.29, 0.717) is 42.2 Å². The Morgan fingerprint density at radius 1 is 1.06 bits per heavy atom. The van der Waals surface area contributed by atoms with E-state index in [1.165, 1.54) is 18.1 Å². The summed E-state index contributed by atoms with van der Waals surface area (Å²) in [5, 5.41) is 21.4. The lowest BCUT2D eigenvalue weighted by atomic mass is 9.93. The molecule has 4 rings (SSSR count). The molecule has 2 aromatic carbocycles. The van der Waals surface area contributed by atoms with Crippen LogP contribution in [0, 0.1) is 6.92 Å². The molecule has 2 saturated heterocycles. The summed E-state index contributed by atoms with van der Waals surface area (Å²) in [5.41, 5.74) is 1.68. The first-order chi connectivity index (χ1) is 16.8. The number of amides is 1. The number of rotatable bonds is 7. The summed E-state index contributed by atoms with van der Waals surface area (Å²) >= 11 is 0. The maximum Gasteiger partial charge on any atom is 0.295 e. The molecule has 0 saturated carbocycles. The van der Waals surface area contributed by atoms with E-state index in [1.54, 1.807) is 44.4 Å². The van der Waals surface area contributed by atoms with Gasteiger partial charge in [-0.1, -0.05) is 6.07 Å². The molecule has 9 heteroatoms. The number of ketones is 1. The number of hydrogen-bond acceptors (Lipinski definition) is 8. The van der Waals surface area contributed by atoms with Crippen LogP contribution in [0.2, 0.25) is 0 Å². The van der Waals surface area contributed by atoms with Crippen molar-refractivity contribution in [1.82, 2.24) is 9.80 Å². The van der Waals surface area contributed by atoms with Gasteiger partial charge in [0.25, 0.3) is 11.7 Å². The standard InChI is InChI=1S/C26H30N2O7/c1-16-14-18(33-2)5-6-19(16)24(30)22-23(17-4-7-20(29)21(15-17)34-3)28(26(32)25(22)31)9-8-27-10-12-35-13-11-27/h4-7,14-15,23,29-30H,8-13H2,1-3H3/b24-22-. The zero-order valence-corrected chi connectivity index (χ0v) is 20.1. The summed E-state index contributed by atoms with van der Waals surface area (Å²) in [6.07, 6.45) is 0. The van der Waals surface area contributed by atoms with Gasteiger partial charge in [0.05, 0.1) is 39.0 Å². The summed E-state index contributed by atoms with van der Waals surface area (Å²) in [6.45, 7) is 5.37.